The van der Waals surface area contributed by atoms with E-state index in [1.165, 1.54) is 11.8 Å². The zero-order valence-electron chi connectivity index (χ0n) is 9.94. The maximum atomic E-state index is 11.6. The Morgan fingerprint density at radius 1 is 1.76 bits per heavy atom. The van der Waals surface area contributed by atoms with Gasteiger partial charge in [-0.1, -0.05) is 23.9 Å². The monoisotopic (exact) mass is 255 g/mol. The largest absolute Gasteiger partial charge is 0.376 e. The number of hydrogen-bond donors (Lipinski definition) is 1. The van der Waals surface area contributed by atoms with Crippen LogP contribution in [0, 0.1) is 0 Å². The molecule has 1 aromatic rings. The van der Waals surface area contributed by atoms with Gasteiger partial charge >= 0.3 is 5.69 Å². The standard InChI is InChI=1S/C11H17N3O2S/c1-8(2)7-17-11-13-12-10(15)14(11)6-9-4-3-5-16-9/h9H,1,3-7H2,2H3,(H,12,15). The van der Waals surface area contributed by atoms with Crippen molar-refractivity contribution in [2.45, 2.75) is 37.6 Å². The van der Waals surface area contributed by atoms with Crippen LogP contribution in [0.1, 0.15) is 19.8 Å². The smallest absolute Gasteiger partial charge is 0.344 e. The first-order chi connectivity index (χ1) is 8.16. The summed E-state index contributed by atoms with van der Waals surface area (Å²) in [6, 6.07) is 0. The van der Waals surface area contributed by atoms with Crippen LogP contribution >= 0.6 is 11.8 Å². The molecule has 0 saturated carbocycles. The summed E-state index contributed by atoms with van der Waals surface area (Å²) < 4.78 is 7.19. The van der Waals surface area contributed by atoms with Gasteiger partial charge in [0.1, 0.15) is 0 Å². The average Bonchev–Trinajstić information content (AvgIpc) is 2.89. The number of nitrogens with zero attached hydrogens (tertiary/aromatic N) is 2. The number of rotatable bonds is 5. The van der Waals surface area contributed by atoms with Crippen LogP contribution < -0.4 is 5.69 Å². The molecule has 0 amide bonds. The van der Waals surface area contributed by atoms with Crippen molar-refractivity contribution in [3.05, 3.63) is 22.6 Å². The Bertz CT molecular complexity index is 446. The fourth-order valence-electron chi connectivity index (χ4n) is 1.75. The molecule has 1 aliphatic heterocycles. The molecule has 2 rings (SSSR count). The fourth-order valence-corrected chi connectivity index (χ4v) is 2.55. The van der Waals surface area contributed by atoms with Gasteiger partial charge in [0.2, 0.25) is 0 Å². The lowest BCUT2D eigenvalue weighted by Gasteiger charge is -2.10. The van der Waals surface area contributed by atoms with E-state index in [1.807, 2.05) is 6.92 Å². The summed E-state index contributed by atoms with van der Waals surface area (Å²) in [6.07, 6.45) is 2.24. The molecular weight excluding hydrogens is 238 g/mol. The lowest BCUT2D eigenvalue weighted by atomic mass is 10.2. The third-order valence-electron chi connectivity index (χ3n) is 2.58. The molecule has 1 fully saturated rings. The van der Waals surface area contributed by atoms with Gasteiger partial charge in [0, 0.05) is 12.4 Å². The molecule has 5 nitrogen and oxygen atoms in total. The number of aromatic amines is 1. The second kappa shape index (κ2) is 5.55. The van der Waals surface area contributed by atoms with E-state index in [1.54, 1.807) is 4.57 Å². The van der Waals surface area contributed by atoms with Gasteiger partial charge in [0.15, 0.2) is 5.16 Å². The molecule has 2 heterocycles. The van der Waals surface area contributed by atoms with Gasteiger partial charge in [-0.05, 0) is 19.8 Å². The summed E-state index contributed by atoms with van der Waals surface area (Å²) in [4.78, 5) is 11.6. The van der Waals surface area contributed by atoms with Gasteiger partial charge in [-0.25, -0.2) is 9.89 Å². The molecular formula is C11H17N3O2S. The number of aromatic nitrogens is 3. The van der Waals surface area contributed by atoms with Crippen molar-refractivity contribution in [2.24, 2.45) is 0 Å². The molecule has 17 heavy (non-hydrogen) atoms. The average molecular weight is 255 g/mol. The normalized spacial score (nSPS) is 19.7. The Kier molecular flexibility index (Phi) is 4.06. The van der Waals surface area contributed by atoms with Gasteiger partial charge in [-0.3, -0.25) is 4.57 Å². The van der Waals surface area contributed by atoms with E-state index in [0.717, 1.165) is 30.8 Å². The predicted octanol–water partition coefficient (Wildman–Crippen LogP) is 1.42. The van der Waals surface area contributed by atoms with E-state index in [0.29, 0.717) is 11.7 Å². The highest BCUT2D eigenvalue weighted by Crippen LogP contribution is 2.19. The molecule has 6 heteroatoms. The van der Waals surface area contributed by atoms with E-state index in [9.17, 15) is 4.79 Å². The minimum atomic E-state index is -0.162. The summed E-state index contributed by atoms with van der Waals surface area (Å²) in [7, 11) is 0. The molecule has 0 radical (unpaired) electrons. The SMILES string of the molecule is C=C(C)CSc1n[nH]c(=O)n1CC1CCCO1. The van der Waals surface area contributed by atoms with Crippen LogP contribution in [0.3, 0.4) is 0 Å². The highest BCUT2D eigenvalue weighted by Gasteiger charge is 2.19. The van der Waals surface area contributed by atoms with Gasteiger partial charge in [-0.15, -0.1) is 5.10 Å². The molecule has 0 bridgehead atoms. The van der Waals surface area contributed by atoms with Crippen molar-refractivity contribution in [2.75, 3.05) is 12.4 Å². The Morgan fingerprint density at radius 2 is 2.59 bits per heavy atom. The van der Waals surface area contributed by atoms with Crippen LogP contribution in [-0.2, 0) is 11.3 Å². The fraction of sp³-hybridized carbons (Fsp3) is 0.636. The van der Waals surface area contributed by atoms with Gasteiger partial charge in [0.25, 0.3) is 0 Å². The number of nitrogens with one attached hydrogen (secondary N) is 1. The van der Waals surface area contributed by atoms with Crippen molar-refractivity contribution >= 4 is 11.8 Å². The summed E-state index contributed by atoms with van der Waals surface area (Å²) in [5.74, 6) is 0.774. The molecule has 1 N–H and O–H groups in total. The molecule has 94 valence electrons. The van der Waals surface area contributed by atoms with Crippen LogP contribution in [0.4, 0.5) is 0 Å². The number of thioether (sulfide) groups is 1. The lowest BCUT2D eigenvalue weighted by Crippen LogP contribution is -2.25. The maximum Gasteiger partial charge on any atom is 0.344 e. The van der Waals surface area contributed by atoms with E-state index in [2.05, 4.69) is 16.8 Å². The first-order valence-electron chi connectivity index (χ1n) is 5.71. The third-order valence-corrected chi connectivity index (χ3v) is 3.79. The van der Waals surface area contributed by atoms with Gasteiger partial charge < -0.3 is 4.74 Å². The third kappa shape index (κ3) is 3.23. The molecule has 1 unspecified atom stereocenters. The second-order valence-electron chi connectivity index (χ2n) is 4.30. The first-order valence-corrected chi connectivity index (χ1v) is 6.69. The van der Waals surface area contributed by atoms with E-state index < -0.39 is 0 Å². The van der Waals surface area contributed by atoms with Gasteiger partial charge in [-0.2, -0.15) is 0 Å². The summed E-state index contributed by atoms with van der Waals surface area (Å²) in [5, 5.41) is 7.22. The van der Waals surface area contributed by atoms with Crippen molar-refractivity contribution in [1.82, 2.24) is 14.8 Å². The molecule has 0 spiro atoms. The van der Waals surface area contributed by atoms with Crippen LogP contribution in [0.15, 0.2) is 22.1 Å². The zero-order valence-corrected chi connectivity index (χ0v) is 10.8. The molecule has 1 aliphatic rings. The summed E-state index contributed by atoms with van der Waals surface area (Å²) in [6.45, 7) is 7.19. The van der Waals surface area contributed by atoms with Crippen molar-refractivity contribution in [1.29, 1.82) is 0 Å². The minimum Gasteiger partial charge on any atom is -0.376 e. The lowest BCUT2D eigenvalue weighted by molar-refractivity contribution is 0.0941. The molecule has 1 saturated heterocycles. The summed E-state index contributed by atoms with van der Waals surface area (Å²) in [5.41, 5.74) is 0.902. The summed E-state index contributed by atoms with van der Waals surface area (Å²) >= 11 is 1.52. The topological polar surface area (TPSA) is 59.9 Å². The van der Waals surface area contributed by atoms with Crippen molar-refractivity contribution < 1.29 is 4.74 Å². The molecule has 1 aromatic heterocycles. The van der Waals surface area contributed by atoms with E-state index in [4.69, 9.17) is 4.74 Å². The highest BCUT2D eigenvalue weighted by molar-refractivity contribution is 7.99. The highest BCUT2D eigenvalue weighted by atomic mass is 32.2. The molecule has 0 aliphatic carbocycles. The molecule has 1 atom stereocenters. The van der Waals surface area contributed by atoms with Crippen LogP contribution in [0.2, 0.25) is 0 Å². The number of H-pyrrole nitrogens is 1. The predicted molar refractivity (Wildman–Crippen MR) is 67.4 cm³/mol. The van der Waals surface area contributed by atoms with Gasteiger partial charge in [0.05, 0.1) is 12.6 Å². The Balaban J connectivity index is 2.05. The van der Waals surface area contributed by atoms with Crippen molar-refractivity contribution in [3.63, 3.8) is 0 Å². The van der Waals surface area contributed by atoms with Crippen LogP contribution in [0.25, 0.3) is 0 Å². The number of ether oxygens (including phenoxy) is 1. The maximum absolute atomic E-state index is 11.6. The van der Waals surface area contributed by atoms with E-state index in [-0.39, 0.29) is 11.8 Å². The second-order valence-corrected chi connectivity index (χ2v) is 5.25. The molecule has 0 aromatic carbocycles. The first kappa shape index (κ1) is 12.4. The Morgan fingerprint density at radius 3 is 3.24 bits per heavy atom. The zero-order chi connectivity index (χ0) is 12.3. The number of hydrogen-bond acceptors (Lipinski definition) is 4. The quantitative estimate of drug-likeness (QED) is 0.638. The Labute approximate surface area is 104 Å². The minimum absolute atomic E-state index is 0.148. The van der Waals surface area contributed by atoms with Crippen molar-refractivity contribution in [3.8, 4) is 0 Å². The van der Waals surface area contributed by atoms with E-state index >= 15 is 0 Å². The van der Waals surface area contributed by atoms with Crippen LogP contribution in [-0.4, -0.2) is 33.2 Å². The van der Waals surface area contributed by atoms with Crippen LogP contribution in [0.5, 0.6) is 0 Å². The Hall–Kier alpha value is -1.01.